The van der Waals surface area contributed by atoms with Crippen molar-refractivity contribution in [3.8, 4) is 22.8 Å². The molecule has 3 aromatic rings. The average molecular weight is 511 g/mol. The summed E-state index contributed by atoms with van der Waals surface area (Å²) in [5, 5.41) is 4.81. The predicted molar refractivity (Wildman–Crippen MR) is 139 cm³/mol. The fraction of sp³-hybridized carbons (Fsp3) is 0.444. The molecule has 36 heavy (non-hydrogen) atoms. The molecule has 3 saturated heterocycles. The van der Waals surface area contributed by atoms with Gasteiger partial charge in [0.1, 0.15) is 0 Å². The van der Waals surface area contributed by atoms with E-state index in [4.69, 9.17) is 14.6 Å². The number of methoxy groups -OCH3 is 2. The second-order valence-electron chi connectivity index (χ2n) is 9.85. The lowest BCUT2D eigenvalue weighted by Gasteiger charge is -2.49. The van der Waals surface area contributed by atoms with Gasteiger partial charge in [-0.25, -0.2) is 13.1 Å². The molecule has 192 valence electrons. The molecule has 0 radical (unpaired) electrons. The first-order valence-corrected chi connectivity index (χ1v) is 13.8. The summed E-state index contributed by atoms with van der Waals surface area (Å²) < 4.78 is 41.3. The minimum Gasteiger partial charge on any atom is -0.493 e. The summed E-state index contributed by atoms with van der Waals surface area (Å²) >= 11 is 0. The summed E-state index contributed by atoms with van der Waals surface area (Å²) in [4.78, 5) is 2.75. The number of sulfonamides is 1. The third kappa shape index (κ3) is 4.75. The highest BCUT2D eigenvalue weighted by Crippen LogP contribution is 2.42. The molecule has 2 aromatic carbocycles. The highest BCUT2D eigenvalue weighted by molar-refractivity contribution is 7.89. The number of aryl methyl sites for hydroxylation is 2. The van der Waals surface area contributed by atoms with Crippen molar-refractivity contribution in [2.24, 2.45) is 13.0 Å². The van der Waals surface area contributed by atoms with Gasteiger partial charge >= 0.3 is 0 Å². The van der Waals surface area contributed by atoms with Crippen molar-refractivity contribution in [3.63, 3.8) is 0 Å². The molecule has 2 bridgehead atoms. The second kappa shape index (κ2) is 9.88. The molecule has 3 aliphatic heterocycles. The van der Waals surface area contributed by atoms with E-state index < -0.39 is 10.0 Å². The first kappa shape index (κ1) is 24.8. The van der Waals surface area contributed by atoms with E-state index in [0.717, 1.165) is 42.8 Å². The van der Waals surface area contributed by atoms with Gasteiger partial charge in [0.2, 0.25) is 10.0 Å². The van der Waals surface area contributed by atoms with Gasteiger partial charge in [-0.2, -0.15) is 5.10 Å². The van der Waals surface area contributed by atoms with Crippen molar-refractivity contribution in [2.45, 2.75) is 36.6 Å². The number of ether oxygens (including phenoxy) is 2. The van der Waals surface area contributed by atoms with E-state index in [1.807, 2.05) is 49.0 Å². The van der Waals surface area contributed by atoms with Crippen LogP contribution in [0.15, 0.2) is 53.4 Å². The minimum atomic E-state index is -3.51. The topological polar surface area (TPSA) is 85.7 Å². The third-order valence-corrected chi connectivity index (χ3v) is 9.13. The minimum absolute atomic E-state index is 0.207. The van der Waals surface area contributed by atoms with E-state index in [0.29, 0.717) is 34.8 Å². The molecule has 4 atom stereocenters. The van der Waals surface area contributed by atoms with Crippen molar-refractivity contribution in [1.29, 1.82) is 0 Å². The van der Waals surface area contributed by atoms with Crippen LogP contribution in [0, 0.1) is 12.8 Å². The second-order valence-corrected chi connectivity index (χ2v) is 11.6. The van der Waals surface area contributed by atoms with Crippen LogP contribution in [0.5, 0.6) is 11.5 Å². The maximum absolute atomic E-state index is 12.8. The summed E-state index contributed by atoms with van der Waals surface area (Å²) in [7, 11) is 1.76. The number of hydrogen-bond donors (Lipinski definition) is 1. The Kier molecular flexibility index (Phi) is 6.80. The fourth-order valence-corrected chi connectivity index (χ4v) is 6.73. The smallest absolute Gasteiger partial charge is 0.240 e. The zero-order valence-corrected chi connectivity index (χ0v) is 22.1. The molecule has 0 amide bonds. The molecule has 0 spiro atoms. The maximum Gasteiger partial charge on any atom is 0.240 e. The molecule has 0 saturated carbocycles. The zero-order valence-electron chi connectivity index (χ0n) is 21.3. The summed E-state index contributed by atoms with van der Waals surface area (Å²) in [6, 6.07) is 15.2. The van der Waals surface area contributed by atoms with Gasteiger partial charge in [0, 0.05) is 43.4 Å². The van der Waals surface area contributed by atoms with Crippen LogP contribution in [-0.2, 0) is 17.1 Å². The molecular formula is C27H34N4O4S. The lowest BCUT2D eigenvalue weighted by Crippen LogP contribution is -2.56. The van der Waals surface area contributed by atoms with E-state index in [2.05, 4.69) is 15.7 Å². The fourth-order valence-electron chi connectivity index (χ4n) is 5.66. The van der Waals surface area contributed by atoms with Crippen molar-refractivity contribution >= 4 is 10.0 Å². The molecule has 1 aromatic heterocycles. The van der Waals surface area contributed by atoms with Crippen LogP contribution in [0.3, 0.4) is 0 Å². The molecule has 6 rings (SSSR count). The van der Waals surface area contributed by atoms with Gasteiger partial charge in [-0.3, -0.25) is 9.58 Å². The van der Waals surface area contributed by atoms with Gasteiger partial charge in [-0.15, -0.1) is 0 Å². The quantitative estimate of drug-likeness (QED) is 0.499. The monoisotopic (exact) mass is 510 g/mol. The van der Waals surface area contributed by atoms with Crippen LogP contribution < -0.4 is 14.2 Å². The van der Waals surface area contributed by atoms with Crippen LogP contribution >= 0.6 is 0 Å². The molecular weight excluding hydrogens is 476 g/mol. The van der Waals surface area contributed by atoms with Crippen molar-refractivity contribution < 1.29 is 17.9 Å². The van der Waals surface area contributed by atoms with Crippen molar-refractivity contribution in [3.05, 3.63) is 59.8 Å². The summed E-state index contributed by atoms with van der Waals surface area (Å²) in [6.07, 6.45) is 2.08. The lowest BCUT2D eigenvalue weighted by molar-refractivity contribution is 0.0306. The molecule has 4 heterocycles. The number of rotatable bonds is 8. The number of fused-ring (bicyclic) bond motifs is 3. The summed E-state index contributed by atoms with van der Waals surface area (Å²) in [5.74, 6) is 2.24. The molecule has 3 fully saturated rings. The van der Waals surface area contributed by atoms with Crippen molar-refractivity contribution in [1.82, 2.24) is 19.4 Å². The Morgan fingerprint density at radius 2 is 1.81 bits per heavy atom. The SMILES string of the molecule is COc1ccc(-c2cc([C@H]3CN4CC[C@@H]3C[C@@H]4CNS(=O)(=O)c3ccc(C)cc3)n(C)n2)cc1OC. The standard InChI is InChI=1S/C27H34N4O4S/c1-18-5-8-22(9-6-18)36(32,33)28-16-21-13-19-11-12-31(21)17-23(19)25-15-24(29-30(25)2)20-7-10-26(34-3)27(14-20)35-4/h5-10,14-15,19,21,23,28H,11-13,16-17H2,1-4H3/t19-,21-,23+/m1/s1. The van der Waals surface area contributed by atoms with E-state index in [1.165, 1.54) is 5.69 Å². The molecule has 3 aliphatic rings. The maximum atomic E-state index is 12.8. The Balaban J connectivity index is 1.28. The molecule has 1 N–H and O–H groups in total. The van der Waals surface area contributed by atoms with Crippen LogP contribution in [0.1, 0.15) is 30.0 Å². The van der Waals surface area contributed by atoms with E-state index in [9.17, 15) is 8.42 Å². The Morgan fingerprint density at radius 3 is 2.47 bits per heavy atom. The highest BCUT2D eigenvalue weighted by atomic mass is 32.2. The Bertz CT molecular complexity index is 1340. The molecule has 1 unspecified atom stereocenters. The number of piperidine rings is 3. The van der Waals surface area contributed by atoms with Crippen molar-refractivity contribution in [2.75, 3.05) is 33.9 Å². The number of nitrogens with one attached hydrogen (secondary N) is 1. The van der Waals surface area contributed by atoms with Crippen LogP contribution in [0.25, 0.3) is 11.3 Å². The summed E-state index contributed by atoms with van der Waals surface area (Å²) in [5.41, 5.74) is 4.15. The molecule has 0 aliphatic carbocycles. The molecule has 9 heteroatoms. The summed E-state index contributed by atoms with van der Waals surface area (Å²) in [6.45, 7) is 4.29. The largest absolute Gasteiger partial charge is 0.493 e. The average Bonchev–Trinajstić information content (AvgIpc) is 3.29. The predicted octanol–water partition coefficient (Wildman–Crippen LogP) is 3.57. The number of hydrogen-bond acceptors (Lipinski definition) is 6. The number of aromatic nitrogens is 2. The van der Waals surface area contributed by atoms with Gasteiger partial charge in [0.25, 0.3) is 0 Å². The van der Waals surface area contributed by atoms with E-state index in [-0.39, 0.29) is 6.04 Å². The van der Waals surface area contributed by atoms with E-state index >= 15 is 0 Å². The van der Waals surface area contributed by atoms with Gasteiger partial charge in [0.15, 0.2) is 11.5 Å². The Labute approximate surface area is 213 Å². The highest BCUT2D eigenvalue weighted by Gasteiger charge is 2.42. The van der Waals surface area contributed by atoms with Gasteiger partial charge in [0.05, 0.1) is 24.8 Å². The zero-order chi connectivity index (χ0) is 25.4. The Morgan fingerprint density at radius 1 is 1.06 bits per heavy atom. The van der Waals surface area contributed by atoms with Crippen LogP contribution in [0.2, 0.25) is 0 Å². The van der Waals surface area contributed by atoms with Gasteiger partial charge in [-0.05, 0) is 68.6 Å². The first-order chi connectivity index (χ1) is 17.3. The third-order valence-electron chi connectivity index (χ3n) is 7.69. The van der Waals surface area contributed by atoms with Crippen LogP contribution in [0.4, 0.5) is 0 Å². The number of benzene rings is 2. The van der Waals surface area contributed by atoms with Gasteiger partial charge < -0.3 is 9.47 Å². The Hall–Kier alpha value is -2.88. The van der Waals surface area contributed by atoms with Crippen LogP contribution in [-0.4, -0.2) is 63.0 Å². The first-order valence-electron chi connectivity index (χ1n) is 12.4. The molecule has 8 nitrogen and oxygen atoms in total. The van der Waals surface area contributed by atoms with Gasteiger partial charge in [-0.1, -0.05) is 17.7 Å². The lowest BCUT2D eigenvalue weighted by atomic mass is 9.74. The normalized spacial score (nSPS) is 23.6. The van der Waals surface area contributed by atoms with E-state index in [1.54, 1.807) is 26.4 Å². The number of nitrogens with zero attached hydrogens (tertiary/aromatic N) is 3.